The molecule has 1 unspecified atom stereocenters. The number of rotatable bonds is 6. The molecule has 2 aliphatic heterocycles. The number of aromatic nitrogens is 4. The predicted molar refractivity (Wildman–Crippen MR) is 148 cm³/mol. The number of H-pyrrole nitrogens is 1. The lowest BCUT2D eigenvalue weighted by Gasteiger charge is -2.28. The molecule has 0 radical (unpaired) electrons. The molecule has 1 atom stereocenters. The van der Waals surface area contributed by atoms with Crippen LogP contribution in [0, 0.1) is 5.92 Å². The van der Waals surface area contributed by atoms with Crippen molar-refractivity contribution in [3.8, 4) is 11.4 Å². The van der Waals surface area contributed by atoms with Gasteiger partial charge in [-0.3, -0.25) is 14.8 Å². The maximum atomic E-state index is 12.2. The summed E-state index contributed by atoms with van der Waals surface area (Å²) in [5.41, 5.74) is 2.95. The van der Waals surface area contributed by atoms with Gasteiger partial charge in [-0.05, 0) is 50.6 Å². The van der Waals surface area contributed by atoms with Gasteiger partial charge in [0.25, 0.3) is 0 Å². The number of nitrogens with one attached hydrogen (secondary N) is 1. The fourth-order valence-electron chi connectivity index (χ4n) is 5.47. The maximum Gasteiger partial charge on any atom is 0.162 e. The van der Waals surface area contributed by atoms with Crippen molar-refractivity contribution in [3.63, 3.8) is 0 Å². The molecule has 1 aromatic carbocycles. The van der Waals surface area contributed by atoms with Crippen LogP contribution >= 0.6 is 11.3 Å². The van der Waals surface area contributed by atoms with E-state index in [2.05, 4.69) is 38.7 Å². The van der Waals surface area contributed by atoms with Crippen molar-refractivity contribution >= 4 is 44.1 Å². The molecule has 0 aliphatic carbocycles. The number of allylic oxidation sites excluding steroid dienone is 1. The van der Waals surface area contributed by atoms with E-state index in [1.54, 1.807) is 11.3 Å². The van der Waals surface area contributed by atoms with Gasteiger partial charge in [0, 0.05) is 41.4 Å². The average Bonchev–Trinajstić information content (AvgIpc) is 3.56. The van der Waals surface area contributed by atoms with Crippen molar-refractivity contribution in [3.05, 3.63) is 48.0 Å². The van der Waals surface area contributed by atoms with Crippen molar-refractivity contribution in [1.82, 2.24) is 25.1 Å². The summed E-state index contributed by atoms with van der Waals surface area (Å²) in [5.74, 6) is 2.01. The summed E-state index contributed by atoms with van der Waals surface area (Å²) in [5, 5.41) is 8.31. The molecule has 2 fully saturated rings. The Hall–Kier alpha value is -3.14. The Morgan fingerprint density at radius 2 is 2.05 bits per heavy atom. The Bertz CT molecular complexity index is 1420. The molecule has 37 heavy (non-hydrogen) atoms. The van der Waals surface area contributed by atoms with E-state index >= 15 is 0 Å². The SMILES string of the molecule is C=CC(=O)C1CCCCN(Cc2cc3nc(-c4cccc5[nH]ncc45)nc(N4CCOCC4)c3s2)CC1. The maximum absolute atomic E-state index is 12.2. The van der Waals surface area contributed by atoms with Crippen molar-refractivity contribution in [1.29, 1.82) is 0 Å². The summed E-state index contributed by atoms with van der Waals surface area (Å²) < 4.78 is 6.76. The number of ether oxygens (including phenoxy) is 1. The first-order valence-corrected chi connectivity index (χ1v) is 14.0. The standard InChI is InChI=1S/C28H32N6O2S/c1-2-25(35)19-6-3-4-10-33(11-9-19)18-20-16-24-26(37-20)28(34-12-14-36-15-13-34)31-27(30-24)21-7-5-8-23-22(21)17-29-32-23/h2,5,7-8,16-17,19H,1,3-4,6,9-15,18H2,(H,29,32). The molecule has 6 rings (SSSR count). The number of benzene rings is 1. The topological polar surface area (TPSA) is 87.2 Å². The number of fused-ring (bicyclic) bond motifs is 2. The molecule has 9 heteroatoms. The fraction of sp³-hybridized carbons (Fsp3) is 0.429. The van der Waals surface area contributed by atoms with Gasteiger partial charge in [0.1, 0.15) is 0 Å². The lowest BCUT2D eigenvalue weighted by atomic mass is 9.92. The number of hydrogen-bond donors (Lipinski definition) is 1. The van der Waals surface area contributed by atoms with Crippen molar-refractivity contribution in [2.24, 2.45) is 5.92 Å². The summed E-state index contributed by atoms with van der Waals surface area (Å²) in [6.45, 7) is 9.59. The number of nitrogens with zero attached hydrogens (tertiary/aromatic N) is 5. The molecule has 2 saturated heterocycles. The number of morpholine rings is 1. The number of likely N-dealkylation sites (tertiary alicyclic amines) is 1. The fourth-order valence-corrected chi connectivity index (χ4v) is 6.62. The van der Waals surface area contributed by atoms with Gasteiger partial charge in [-0.25, -0.2) is 9.97 Å². The van der Waals surface area contributed by atoms with Crippen LogP contribution in [0.3, 0.4) is 0 Å². The zero-order valence-electron chi connectivity index (χ0n) is 21.0. The minimum absolute atomic E-state index is 0.106. The van der Waals surface area contributed by atoms with Gasteiger partial charge in [0.15, 0.2) is 17.4 Å². The summed E-state index contributed by atoms with van der Waals surface area (Å²) in [6, 6.07) is 8.34. The smallest absolute Gasteiger partial charge is 0.162 e. The van der Waals surface area contributed by atoms with Crippen LogP contribution < -0.4 is 4.90 Å². The number of hydrogen-bond acceptors (Lipinski definition) is 8. The minimum atomic E-state index is 0.106. The van der Waals surface area contributed by atoms with Crippen LogP contribution in [0.4, 0.5) is 5.82 Å². The number of carbonyl (C=O) groups is 1. The molecule has 2 aliphatic rings. The summed E-state index contributed by atoms with van der Waals surface area (Å²) in [4.78, 5) is 28.5. The van der Waals surface area contributed by atoms with Gasteiger partial charge in [-0.15, -0.1) is 11.3 Å². The predicted octanol–water partition coefficient (Wildman–Crippen LogP) is 4.82. The van der Waals surface area contributed by atoms with Crippen molar-refractivity contribution < 1.29 is 9.53 Å². The highest BCUT2D eigenvalue weighted by Gasteiger charge is 2.23. The largest absolute Gasteiger partial charge is 0.378 e. The first kappa shape index (κ1) is 24.2. The second kappa shape index (κ2) is 10.7. The van der Waals surface area contributed by atoms with E-state index in [4.69, 9.17) is 14.7 Å². The lowest BCUT2D eigenvalue weighted by molar-refractivity contribution is -0.118. The average molecular weight is 517 g/mol. The van der Waals surface area contributed by atoms with Crippen LogP contribution in [0.15, 0.2) is 43.1 Å². The Labute approximate surface area is 220 Å². The van der Waals surface area contributed by atoms with Gasteiger partial charge in [0.05, 0.1) is 35.1 Å². The lowest BCUT2D eigenvalue weighted by Crippen LogP contribution is -2.36. The van der Waals surface area contributed by atoms with E-state index in [0.29, 0.717) is 13.2 Å². The molecular weight excluding hydrogens is 484 g/mol. The molecule has 3 aromatic heterocycles. The van der Waals surface area contributed by atoms with E-state index < -0.39 is 0 Å². The molecule has 5 heterocycles. The summed E-state index contributed by atoms with van der Waals surface area (Å²) in [7, 11) is 0. The third-order valence-corrected chi connectivity index (χ3v) is 8.60. The molecule has 4 aromatic rings. The highest BCUT2D eigenvalue weighted by atomic mass is 32.1. The molecule has 8 nitrogen and oxygen atoms in total. The number of aromatic amines is 1. The Kier molecular flexibility index (Phi) is 6.99. The normalized spacial score (nSPS) is 19.7. The van der Waals surface area contributed by atoms with Gasteiger partial charge >= 0.3 is 0 Å². The minimum Gasteiger partial charge on any atom is -0.378 e. The van der Waals surface area contributed by atoms with Gasteiger partial charge in [-0.2, -0.15) is 5.10 Å². The Morgan fingerprint density at radius 3 is 2.92 bits per heavy atom. The van der Waals surface area contributed by atoms with Crippen molar-refractivity contribution in [2.45, 2.75) is 32.2 Å². The van der Waals surface area contributed by atoms with Crippen LogP contribution in [0.25, 0.3) is 32.5 Å². The van der Waals surface area contributed by atoms with Gasteiger partial charge in [-0.1, -0.05) is 25.1 Å². The van der Waals surface area contributed by atoms with Crippen LogP contribution in [0.5, 0.6) is 0 Å². The second-order valence-corrected chi connectivity index (χ2v) is 11.0. The molecule has 0 bridgehead atoms. The number of thiophene rings is 1. The van der Waals surface area contributed by atoms with Crippen LogP contribution in [0.2, 0.25) is 0 Å². The second-order valence-electron chi connectivity index (χ2n) is 9.90. The van der Waals surface area contributed by atoms with Crippen LogP contribution in [-0.4, -0.2) is 70.2 Å². The van der Waals surface area contributed by atoms with E-state index in [1.165, 1.54) is 11.0 Å². The van der Waals surface area contributed by atoms with Gasteiger partial charge < -0.3 is 9.64 Å². The molecule has 0 saturated carbocycles. The number of anilines is 1. The third kappa shape index (κ3) is 5.03. The summed E-state index contributed by atoms with van der Waals surface area (Å²) in [6.07, 6.45) is 7.42. The van der Waals surface area contributed by atoms with E-state index in [1.807, 2.05) is 18.3 Å². The van der Waals surface area contributed by atoms with Gasteiger partial charge in [0.2, 0.25) is 0 Å². The van der Waals surface area contributed by atoms with Crippen LogP contribution in [0.1, 0.15) is 30.6 Å². The third-order valence-electron chi connectivity index (χ3n) is 7.49. The first-order chi connectivity index (χ1) is 18.2. The van der Waals surface area contributed by atoms with E-state index in [9.17, 15) is 4.79 Å². The number of carbonyl (C=O) groups excluding carboxylic acids is 1. The number of ketones is 1. The molecule has 1 N–H and O–H groups in total. The highest BCUT2D eigenvalue weighted by molar-refractivity contribution is 7.19. The summed E-state index contributed by atoms with van der Waals surface area (Å²) >= 11 is 1.79. The Balaban J connectivity index is 1.34. The van der Waals surface area contributed by atoms with Crippen molar-refractivity contribution in [2.75, 3.05) is 44.3 Å². The van der Waals surface area contributed by atoms with E-state index in [0.717, 1.165) is 96.7 Å². The molecular formula is C28H32N6O2S. The zero-order chi connectivity index (χ0) is 25.2. The first-order valence-electron chi connectivity index (χ1n) is 13.1. The quantitative estimate of drug-likeness (QED) is 0.368. The van der Waals surface area contributed by atoms with E-state index in [-0.39, 0.29) is 11.7 Å². The Morgan fingerprint density at radius 1 is 1.16 bits per heavy atom. The van der Waals surface area contributed by atoms with Crippen LogP contribution in [-0.2, 0) is 16.1 Å². The monoisotopic (exact) mass is 516 g/mol. The zero-order valence-corrected chi connectivity index (χ0v) is 21.8. The highest BCUT2D eigenvalue weighted by Crippen LogP contribution is 2.36. The molecule has 0 amide bonds. The molecule has 0 spiro atoms. The molecule has 192 valence electrons.